The van der Waals surface area contributed by atoms with E-state index >= 15 is 0 Å². The largest absolute Gasteiger partial charge is 0.466 e. The van der Waals surface area contributed by atoms with E-state index < -0.39 is 0 Å². The first-order valence-corrected chi connectivity index (χ1v) is 7.45. The number of rotatable bonds is 8. The molecule has 0 aromatic carbocycles. The molecule has 3 heteroatoms. The third kappa shape index (κ3) is 6.04. The van der Waals surface area contributed by atoms with Gasteiger partial charge < -0.3 is 4.74 Å². The average Bonchev–Trinajstić information content (AvgIpc) is 2.72. The molecule has 0 radical (unpaired) electrons. The van der Waals surface area contributed by atoms with Crippen LogP contribution in [0.25, 0.3) is 0 Å². The Labute approximate surface area is 116 Å². The van der Waals surface area contributed by atoms with Crippen LogP contribution in [0, 0.1) is 11.8 Å². The highest BCUT2D eigenvalue weighted by atomic mass is 16.5. The third-order valence-electron chi connectivity index (χ3n) is 3.76. The highest BCUT2D eigenvalue weighted by Gasteiger charge is 2.33. The SMILES string of the molecule is CC=CCC1CC(=O)CC1CC(=O)OCCCCC. The minimum atomic E-state index is -0.138. The summed E-state index contributed by atoms with van der Waals surface area (Å²) in [7, 11) is 0. The highest BCUT2D eigenvalue weighted by Crippen LogP contribution is 2.34. The minimum Gasteiger partial charge on any atom is -0.466 e. The number of esters is 1. The van der Waals surface area contributed by atoms with E-state index in [-0.39, 0.29) is 11.9 Å². The van der Waals surface area contributed by atoms with Crippen molar-refractivity contribution >= 4 is 11.8 Å². The molecule has 2 unspecified atom stereocenters. The predicted molar refractivity (Wildman–Crippen MR) is 75.8 cm³/mol. The summed E-state index contributed by atoms with van der Waals surface area (Å²) in [6, 6.07) is 0. The van der Waals surface area contributed by atoms with E-state index in [1.54, 1.807) is 0 Å². The van der Waals surface area contributed by atoms with Gasteiger partial charge in [-0.1, -0.05) is 31.9 Å². The Balaban J connectivity index is 2.32. The maximum absolute atomic E-state index is 11.7. The van der Waals surface area contributed by atoms with Gasteiger partial charge in [0.05, 0.1) is 6.61 Å². The number of ketones is 1. The van der Waals surface area contributed by atoms with Gasteiger partial charge in [-0.15, -0.1) is 0 Å². The monoisotopic (exact) mass is 266 g/mol. The van der Waals surface area contributed by atoms with Crippen LogP contribution >= 0.6 is 0 Å². The number of Topliss-reactive ketones (excluding diaryl/α,β-unsaturated/α-hetero) is 1. The van der Waals surface area contributed by atoms with E-state index in [9.17, 15) is 9.59 Å². The maximum Gasteiger partial charge on any atom is 0.306 e. The molecule has 1 saturated carbocycles. The molecular weight excluding hydrogens is 240 g/mol. The van der Waals surface area contributed by atoms with Gasteiger partial charge in [0.1, 0.15) is 5.78 Å². The molecule has 0 aromatic heterocycles. The maximum atomic E-state index is 11.7. The lowest BCUT2D eigenvalue weighted by Gasteiger charge is -2.16. The number of carbonyl (C=O) groups excluding carboxylic acids is 2. The number of carbonyl (C=O) groups is 2. The fourth-order valence-electron chi connectivity index (χ4n) is 2.64. The van der Waals surface area contributed by atoms with Crippen LogP contribution in [0.3, 0.4) is 0 Å². The second kappa shape index (κ2) is 8.89. The first-order chi connectivity index (χ1) is 9.17. The zero-order chi connectivity index (χ0) is 14.1. The zero-order valence-electron chi connectivity index (χ0n) is 12.2. The summed E-state index contributed by atoms with van der Waals surface area (Å²) < 4.78 is 5.23. The lowest BCUT2D eigenvalue weighted by molar-refractivity contribution is -0.145. The fraction of sp³-hybridized carbons (Fsp3) is 0.750. The average molecular weight is 266 g/mol. The second-order valence-electron chi connectivity index (χ2n) is 5.40. The van der Waals surface area contributed by atoms with Crippen molar-refractivity contribution in [1.29, 1.82) is 0 Å². The second-order valence-corrected chi connectivity index (χ2v) is 5.40. The van der Waals surface area contributed by atoms with Crippen LogP contribution in [0.1, 0.15) is 58.8 Å². The smallest absolute Gasteiger partial charge is 0.306 e. The number of hydrogen-bond acceptors (Lipinski definition) is 3. The van der Waals surface area contributed by atoms with Gasteiger partial charge in [-0.25, -0.2) is 0 Å². The van der Waals surface area contributed by atoms with Crippen molar-refractivity contribution in [2.75, 3.05) is 6.61 Å². The standard InChI is InChI=1S/C16H26O3/c1-3-5-7-9-19-16(18)12-14-11-15(17)10-13(14)8-6-4-2/h4,6,13-14H,3,5,7-12H2,1-2H3. The molecule has 0 amide bonds. The molecule has 3 nitrogen and oxygen atoms in total. The highest BCUT2D eigenvalue weighted by molar-refractivity contribution is 5.82. The van der Waals surface area contributed by atoms with Gasteiger partial charge in [0.15, 0.2) is 0 Å². The molecule has 0 bridgehead atoms. The van der Waals surface area contributed by atoms with Crippen molar-refractivity contribution in [3.8, 4) is 0 Å². The summed E-state index contributed by atoms with van der Waals surface area (Å²) in [6.45, 7) is 4.62. The molecule has 1 fully saturated rings. The van der Waals surface area contributed by atoms with Gasteiger partial charge in [0.25, 0.3) is 0 Å². The van der Waals surface area contributed by atoms with Gasteiger partial charge in [-0.05, 0) is 31.6 Å². The molecule has 0 N–H and O–H groups in total. The lowest BCUT2D eigenvalue weighted by Crippen LogP contribution is -2.15. The van der Waals surface area contributed by atoms with Crippen molar-refractivity contribution < 1.29 is 14.3 Å². The third-order valence-corrected chi connectivity index (χ3v) is 3.76. The molecular formula is C16H26O3. The summed E-state index contributed by atoms with van der Waals surface area (Å²) in [5, 5.41) is 0. The molecule has 0 heterocycles. The Hall–Kier alpha value is -1.12. The Morgan fingerprint density at radius 2 is 2.05 bits per heavy atom. The van der Waals surface area contributed by atoms with Gasteiger partial charge in [0.2, 0.25) is 0 Å². The minimum absolute atomic E-state index is 0.138. The Kier molecular flexibility index (Phi) is 7.46. The molecule has 108 valence electrons. The van der Waals surface area contributed by atoms with Crippen LogP contribution < -0.4 is 0 Å². The van der Waals surface area contributed by atoms with Gasteiger partial charge in [-0.3, -0.25) is 9.59 Å². The summed E-state index contributed by atoms with van der Waals surface area (Å²) in [4.78, 5) is 23.3. The van der Waals surface area contributed by atoms with Crippen molar-refractivity contribution in [2.45, 2.75) is 58.8 Å². The summed E-state index contributed by atoms with van der Waals surface area (Å²) >= 11 is 0. The molecule has 1 rings (SSSR count). The van der Waals surface area contributed by atoms with E-state index in [1.807, 2.05) is 13.0 Å². The van der Waals surface area contributed by atoms with Crippen LogP contribution in [0.15, 0.2) is 12.2 Å². The Bertz CT molecular complexity index is 320. The van der Waals surface area contributed by atoms with Crippen LogP contribution in [0.4, 0.5) is 0 Å². The molecule has 2 atom stereocenters. The van der Waals surface area contributed by atoms with Crippen molar-refractivity contribution in [2.24, 2.45) is 11.8 Å². The van der Waals surface area contributed by atoms with E-state index in [0.29, 0.717) is 37.6 Å². The summed E-state index contributed by atoms with van der Waals surface area (Å²) in [6.07, 6.45) is 9.72. The van der Waals surface area contributed by atoms with Gasteiger partial charge >= 0.3 is 5.97 Å². The molecule has 0 saturated heterocycles. The van der Waals surface area contributed by atoms with Crippen LogP contribution in [-0.2, 0) is 14.3 Å². The Morgan fingerprint density at radius 1 is 1.32 bits per heavy atom. The quantitative estimate of drug-likeness (QED) is 0.382. The zero-order valence-corrected chi connectivity index (χ0v) is 12.2. The lowest BCUT2D eigenvalue weighted by atomic mass is 9.90. The number of ether oxygens (including phenoxy) is 1. The predicted octanol–water partition coefficient (Wildman–Crippen LogP) is 3.67. The van der Waals surface area contributed by atoms with Crippen LogP contribution in [-0.4, -0.2) is 18.4 Å². The van der Waals surface area contributed by atoms with Crippen molar-refractivity contribution in [3.05, 3.63) is 12.2 Å². The first-order valence-electron chi connectivity index (χ1n) is 7.45. The van der Waals surface area contributed by atoms with Crippen molar-refractivity contribution in [3.63, 3.8) is 0 Å². The number of allylic oxidation sites excluding steroid dienone is 2. The number of hydrogen-bond donors (Lipinski definition) is 0. The van der Waals surface area contributed by atoms with E-state index in [1.165, 1.54) is 0 Å². The number of unbranched alkanes of at least 4 members (excludes halogenated alkanes) is 2. The molecule has 0 aliphatic heterocycles. The van der Waals surface area contributed by atoms with Crippen LogP contribution in [0.5, 0.6) is 0 Å². The molecule has 1 aliphatic carbocycles. The summed E-state index contributed by atoms with van der Waals surface area (Å²) in [5.74, 6) is 0.661. The molecule has 0 spiro atoms. The first kappa shape index (κ1) is 15.9. The van der Waals surface area contributed by atoms with Gasteiger partial charge in [0, 0.05) is 19.3 Å². The van der Waals surface area contributed by atoms with E-state index in [2.05, 4.69) is 13.0 Å². The summed E-state index contributed by atoms with van der Waals surface area (Å²) in [5.41, 5.74) is 0. The molecule has 0 aromatic rings. The van der Waals surface area contributed by atoms with Crippen LogP contribution in [0.2, 0.25) is 0 Å². The normalized spacial score (nSPS) is 23.2. The molecule has 1 aliphatic rings. The molecule has 19 heavy (non-hydrogen) atoms. The van der Waals surface area contributed by atoms with E-state index in [4.69, 9.17) is 4.74 Å². The van der Waals surface area contributed by atoms with E-state index in [0.717, 1.165) is 25.7 Å². The van der Waals surface area contributed by atoms with Crippen molar-refractivity contribution in [1.82, 2.24) is 0 Å². The topological polar surface area (TPSA) is 43.4 Å². The Morgan fingerprint density at radius 3 is 2.74 bits per heavy atom. The van der Waals surface area contributed by atoms with Gasteiger partial charge in [-0.2, -0.15) is 0 Å². The fourth-order valence-corrected chi connectivity index (χ4v) is 2.64.